The summed E-state index contributed by atoms with van der Waals surface area (Å²) in [6.45, 7) is 6.39. The van der Waals surface area contributed by atoms with Crippen LogP contribution in [0.4, 0.5) is 5.82 Å². The van der Waals surface area contributed by atoms with Crippen molar-refractivity contribution in [1.82, 2.24) is 4.98 Å². The fraction of sp³-hybridized carbons (Fsp3) is 0.615. The van der Waals surface area contributed by atoms with Crippen LogP contribution in [0.15, 0.2) is 18.3 Å². The highest BCUT2D eigenvalue weighted by molar-refractivity contribution is 5.39. The number of pyridine rings is 1. The number of aromatic nitrogens is 1. The Bertz CT molecular complexity index is 301. The number of hydrogen-bond donors (Lipinski definition) is 1. The van der Waals surface area contributed by atoms with Gasteiger partial charge in [0.2, 0.25) is 0 Å². The lowest BCUT2D eigenvalue weighted by Crippen LogP contribution is -2.31. The summed E-state index contributed by atoms with van der Waals surface area (Å²) in [6.07, 6.45) is 4.16. The monoisotopic (exact) mass is 221 g/mol. The summed E-state index contributed by atoms with van der Waals surface area (Å²) in [5.74, 6) is 1.03. The predicted molar refractivity (Wildman–Crippen MR) is 69.6 cm³/mol. The zero-order valence-electron chi connectivity index (χ0n) is 10.8. The summed E-state index contributed by atoms with van der Waals surface area (Å²) in [5, 5.41) is 0. The molecule has 1 aromatic rings. The lowest BCUT2D eigenvalue weighted by atomic mass is 10.1. The van der Waals surface area contributed by atoms with Gasteiger partial charge in [-0.15, -0.1) is 0 Å². The molecule has 0 radical (unpaired) electrons. The molecule has 0 spiro atoms. The molecule has 0 aliphatic heterocycles. The van der Waals surface area contributed by atoms with Crippen molar-refractivity contribution in [2.45, 2.75) is 45.7 Å². The van der Waals surface area contributed by atoms with E-state index in [1.165, 1.54) is 0 Å². The van der Waals surface area contributed by atoms with E-state index in [1.807, 2.05) is 13.1 Å². The minimum absolute atomic E-state index is 0.0556. The van der Waals surface area contributed by atoms with Crippen molar-refractivity contribution < 1.29 is 0 Å². The van der Waals surface area contributed by atoms with Gasteiger partial charge in [-0.05, 0) is 31.4 Å². The van der Waals surface area contributed by atoms with Crippen LogP contribution in [0.3, 0.4) is 0 Å². The average Bonchev–Trinajstić information content (AvgIpc) is 2.30. The van der Waals surface area contributed by atoms with Crippen LogP contribution in [-0.2, 0) is 0 Å². The minimum Gasteiger partial charge on any atom is -0.357 e. The first kappa shape index (κ1) is 13.0. The Balaban J connectivity index is 2.80. The van der Waals surface area contributed by atoms with Crippen molar-refractivity contribution >= 4 is 5.82 Å². The molecule has 0 fully saturated rings. The molecule has 3 nitrogen and oxygen atoms in total. The Labute approximate surface area is 98.7 Å². The van der Waals surface area contributed by atoms with Crippen molar-refractivity contribution in [2.24, 2.45) is 5.73 Å². The van der Waals surface area contributed by atoms with Gasteiger partial charge in [0, 0.05) is 25.3 Å². The smallest absolute Gasteiger partial charge is 0.128 e. The third-order valence-corrected chi connectivity index (χ3v) is 3.15. The zero-order chi connectivity index (χ0) is 12.1. The Kier molecular flexibility index (Phi) is 4.74. The second-order valence-corrected chi connectivity index (χ2v) is 4.32. The van der Waals surface area contributed by atoms with Crippen LogP contribution in [0.1, 0.15) is 45.2 Å². The summed E-state index contributed by atoms with van der Waals surface area (Å²) in [5.41, 5.74) is 6.88. The number of rotatable bonds is 5. The molecule has 0 aromatic carbocycles. The van der Waals surface area contributed by atoms with Gasteiger partial charge in [0.25, 0.3) is 0 Å². The van der Waals surface area contributed by atoms with Crippen molar-refractivity contribution in [3.05, 3.63) is 23.9 Å². The topological polar surface area (TPSA) is 42.1 Å². The summed E-state index contributed by atoms with van der Waals surface area (Å²) in [4.78, 5) is 6.70. The first-order chi connectivity index (χ1) is 7.60. The third-order valence-electron chi connectivity index (χ3n) is 3.15. The number of anilines is 1. The molecule has 0 saturated carbocycles. The largest absolute Gasteiger partial charge is 0.357 e. The van der Waals surface area contributed by atoms with Gasteiger partial charge in [-0.25, -0.2) is 4.98 Å². The quantitative estimate of drug-likeness (QED) is 0.831. The summed E-state index contributed by atoms with van der Waals surface area (Å²) >= 11 is 0. The van der Waals surface area contributed by atoms with E-state index < -0.39 is 0 Å². The van der Waals surface area contributed by atoms with Gasteiger partial charge in [0.1, 0.15) is 5.82 Å². The molecule has 3 heteroatoms. The first-order valence-corrected chi connectivity index (χ1v) is 6.04. The van der Waals surface area contributed by atoms with Crippen molar-refractivity contribution in [1.29, 1.82) is 0 Å². The molecule has 2 N–H and O–H groups in total. The lowest BCUT2D eigenvalue weighted by Gasteiger charge is -2.27. The summed E-state index contributed by atoms with van der Waals surface area (Å²) < 4.78 is 0. The molecule has 0 amide bonds. The van der Waals surface area contributed by atoms with Crippen LogP contribution in [0.5, 0.6) is 0 Å². The highest BCUT2D eigenvalue weighted by Crippen LogP contribution is 2.17. The zero-order valence-corrected chi connectivity index (χ0v) is 10.8. The van der Waals surface area contributed by atoms with E-state index in [1.54, 1.807) is 0 Å². The average molecular weight is 221 g/mol. The maximum atomic E-state index is 5.80. The minimum atomic E-state index is 0.0556. The molecule has 0 saturated heterocycles. The molecular formula is C13H23N3. The van der Waals surface area contributed by atoms with E-state index >= 15 is 0 Å². The molecular weight excluding hydrogens is 198 g/mol. The highest BCUT2D eigenvalue weighted by atomic mass is 15.2. The van der Waals surface area contributed by atoms with Crippen LogP contribution in [0.25, 0.3) is 0 Å². The van der Waals surface area contributed by atoms with Gasteiger partial charge in [0.05, 0.1) is 0 Å². The van der Waals surface area contributed by atoms with Crippen LogP contribution < -0.4 is 10.6 Å². The third kappa shape index (κ3) is 2.95. The number of nitrogens with zero attached hydrogens (tertiary/aromatic N) is 2. The maximum absolute atomic E-state index is 5.80. The molecule has 0 aliphatic carbocycles. The standard InChI is InChI=1S/C13H23N3/c1-5-12(6-2)16(4)13-8-7-11(9-15-13)10(3)14/h7-10,12H,5-6,14H2,1-4H3/t10-/m1/s1. The van der Waals surface area contributed by atoms with Gasteiger partial charge < -0.3 is 10.6 Å². The second-order valence-electron chi connectivity index (χ2n) is 4.32. The Hall–Kier alpha value is -1.09. The fourth-order valence-corrected chi connectivity index (χ4v) is 1.90. The van der Waals surface area contributed by atoms with Gasteiger partial charge >= 0.3 is 0 Å². The molecule has 0 bridgehead atoms. The molecule has 90 valence electrons. The van der Waals surface area contributed by atoms with Crippen LogP contribution in [0, 0.1) is 0 Å². The van der Waals surface area contributed by atoms with Crippen molar-refractivity contribution in [3.63, 3.8) is 0 Å². The summed E-state index contributed by atoms with van der Waals surface area (Å²) in [7, 11) is 2.10. The molecule has 1 aromatic heterocycles. The molecule has 16 heavy (non-hydrogen) atoms. The Morgan fingerprint density at radius 3 is 2.31 bits per heavy atom. The molecule has 0 unspecified atom stereocenters. The number of nitrogens with two attached hydrogens (primary N) is 1. The van der Waals surface area contributed by atoms with Crippen LogP contribution in [0.2, 0.25) is 0 Å². The highest BCUT2D eigenvalue weighted by Gasteiger charge is 2.12. The van der Waals surface area contributed by atoms with Gasteiger partial charge in [0.15, 0.2) is 0 Å². The second kappa shape index (κ2) is 5.85. The normalized spacial score (nSPS) is 12.9. The molecule has 1 rings (SSSR count). The van der Waals surface area contributed by atoms with Gasteiger partial charge in [-0.3, -0.25) is 0 Å². The van der Waals surface area contributed by atoms with Crippen molar-refractivity contribution in [3.8, 4) is 0 Å². The van der Waals surface area contributed by atoms with Gasteiger partial charge in [-0.2, -0.15) is 0 Å². The van der Waals surface area contributed by atoms with E-state index in [4.69, 9.17) is 5.73 Å². The van der Waals surface area contributed by atoms with Crippen molar-refractivity contribution in [2.75, 3.05) is 11.9 Å². The Morgan fingerprint density at radius 2 is 1.94 bits per heavy atom. The van der Waals surface area contributed by atoms with E-state index in [0.29, 0.717) is 6.04 Å². The van der Waals surface area contributed by atoms with E-state index in [-0.39, 0.29) is 6.04 Å². The molecule has 0 aliphatic rings. The molecule has 1 atom stereocenters. The lowest BCUT2D eigenvalue weighted by molar-refractivity contribution is 0.586. The first-order valence-electron chi connectivity index (χ1n) is 6.04. The summed E-state index contributed by atoms with van der Waals surface area (Å²) in [6, 6.07) is 4.73. The molecule has 1 heterocycles. The van der Waals surface area contributed by atoms with Crippen LogP contribution >= 0.6 is 0 Å². The van der Waals surface area contributed by atoms with E-state index in [2.05, 4.69) is 42.9 Å². The predicted octanol–water partition coefficient (Wildman–Crippen LogP) is 2.73. The SMILES string of the molecule is CCC(CC)N(C)c1ccc([C@@H](C)N)cn1. The van der Waals surface area contributed by atoms with E-state index in [0.717, 1.165) is 24.2 Å². The Morgan fingerprint density at radius 1 is 1.31 bits per heavy atom. The van der Waals surface area contributed by atoms with E-state index in [9.17, 15) is 0 Å². The van der Waals surface area contributed by atoms with Gasteiger partial charge in [-0.1, -0.05) is 19.9 Å². The fourth-order valence-electron chi connectivity index (χ4n) is 1.90. The van der Waals surface area contributed by atoms with Crippen LogP contribution in [-0.4, -0.2) is 18.1 Å². The maximum Gasteiger partial charge on any atom is 0.128 e. The number of hydrogen-bond acceptors (Lipinski definition) is 3.